The first-order valence-electron chi connectivity index (χ1n) is 6.89. The number of nitrogens with one attached hydrogen (secondary N) is 2. The fourth-order valence-electron chi connectivity index (χ4n) is 2.42. The number of para-hydroxylation sites is 1. The van der Waals surface area contributed by atoms with Crippen molar-refractivity contribution in [3.63, 3.8) is 0 Å². The lowest BCUT2D eigenvalue weighted by Crippen LogP contribution is -2.12. The van der Waals surface area contributed by atoms with Gasteiger partial charge in [0, 0.05) is 24.3 Å². The molecule has 108 valence electrons. The molecule has 0 unspecified atom stereocenters. The minimum absolute atomic E-state index is 0.169. The van der Waals surface area contributed by atoms with Crippen LogP contribution in [0.4, 0.5) is 0 Å². The third-order valence-electron chi connectivity index (χ3n) is 3.47. The maximum Gasteiger partial charge on any atom is 0.160 e. The van der Waals surface area contributed by atoms with Crippen molar-refractivity contribution in [2.75, 3.05) is 7.11 Å². The van der Waals surface area contributed by atoms with Crippen LogP contribution >= 0.6 is 0 Å². The Bertz CT molecular complexity index is 716. The second-order valence-corrected chi connectivity index (χ2v) is 4.99. The van der Waals surface area contributed by atoms with E-state index in [0.29, 0.717) is 12.3 Å². The van der Waals surface area contributed by atoms with E-state index >= 15 is 0 Å². The molecule has 0 fully saturated rings. The molecule has 0 saturated heterocycles. The van der Waals surface area contributed by atoms with Crippen molar-refractivity contribution in [1.29, 1.82) is 0 Å². The number of methoxy groups -OCH3 is 1. The molecule has 0 bridgehead atoms. The van der Waals surface area contributed by atoms with Gasteiger partial charge in [-0.2, -0.15) is 0 Å². The molecule has 4 heteroatoms. The molecule has 21 heavy (non-hydrogen) atoms. The predicted molar refractivity (Wildman–Crippen MR) is 83.5 cm³/mol. The van der Waals surface area contributed by atoms with Gasteiger partial charge in [-0.25, -0.2) is 0 Å². The second kappa shape index (κ2) is 5.89. The van der Waals surface area contributed by atoms with E-state index in [1.807, 2.05) is 18.2 Å². The number of phenols is 1. The number of aromatic amines is 1. The van der Waals surface area contributed by atoms with Crippen molar-refractivity contribution >= 4 is 10.9 Å². The Morgan fingerprint density at radius 1 is 1.10 bits per heavy atom. The molecule has 2 aromatic carbocycles. The fraction of sp³-hybridized carbons (Fsp3) is 0.176. The summed E-state index contributed by atoms with van der Waals surface area (Å²) in [5.41, 5.74) is 3.31. The molecule has 3 N–H and O–H groups in total. The summed E-state index contributed by atoms with van der Waals surface area (Å²) >= 11 is 0. The summed E-state index contributed by atoms with van der Waals surface area (Å²) in [6.07, 6.45) is 0. The molecule has 0 atom stereocenters. The third-order valence-corrected chi connectivity index (χ3v) is 3.47. The number of hydrogen-bond donors (Lipinski definition) is 3. The minimum atomic E-state index is 0.169. The van der Waals surface area contributed by atoms with Gasteiger partial charge in [0.2, 0.25) is 0 Å². The van der Waals surface area contributed by atoms with Crippen LogP contribution in [-0.4, -0.2) is 17.2 Å². The molecule has 0 amide bonds. The molecule has 1 aromatic heterocycles. The van der Waals surface area contributed by atoms with Crippen LogP contribution in [0.5, 0.6) is 11.5 Å². The zero-order valence-electron chi connectivity index (χ0n) is 11.9. The van der Waals surface area contributed by atoms with Crippen LogP contribution in [-0.2, 0) is 13.1 Å². The molecule has 0 radical (unpaired) electrons. The Labute approximate surface area is 123 Å². The number of aromatic hydroxyl groups is 1. The summed E-state index contributed by atoms with van der Waals surface area (Å²) in [5.74, 6) is 0.664. The number of aromatic nitrogens is 1. The van der Waals surface area contributed by atoms with Crippen molar-refractivity contribution in [3.05, 3.63) is 59.8 Å². The van der Waals surface area contributed by atoms with E-state index in [1.165, 1.54) is 5.39 Å². The molecule has 0 aliphatic heterocycles. The monoisotopic (exact) mass is 282 g/mol. The Hall–Kier alpha value is -2.46. The van der Waals surface area contributed by atoms with Crippen molar-refractivity contribution in [3.8, 4) is 11.5 Å². The predicted octanol–water partition coefficient (Wildman–Crippen LogP) is 3.17. The topological polar surface area (TPSA) is 57.3 Å². The Morgan fingerprint density at radius 2 is 1.95 bits per heavy atom. The number of H-pyrrole nitrogens is 1. The lowest BCUT2D eigenvalue weighted by molar-refractivity contribution is 0.373. The van der Waals surface area contributed by atoms with E-state index in [4.69, 9.17) is 4.74 Å². The first-order chi connectivity index (χ1) is 10.3. The zero-order valence-corrected chi connectivity index (χ0v) is 11.9. The number of phenolic OH excluding ortho intramolecular Hbond substituents is 1. The normalized spacial score (nSPS) is 10.9. The van der Waals surface area contributed by atoms with Gasteiger partial charge in [-0.3, -0.25) is 0 Å². The van der Waals surface area contributed by atoms with E-state index in [2.05, 4.69) is 28.5 Å². The van der Waals surface area contributed by atoms with Gasteiger partial charge in [0.1, 0.15) is 0 Å². The summed E-state index contributed by atoms with van der Waals surface area (Å²) in [5, 5.41) is 14.3. The molecule has 3 aromatic rings. The molecular formula is C17H18N2O2. The highest BCUT2D eigenvalue weighted by molar-refractivity contribution is 5.80. The summed E-state index contributed by atoms with van der Waals surface area (Å²) < 4.78 is 5.03. The summed E-state index contributed by atoms with van der Waals surface area (Å²) in [7, 11) is 1.54. The quantitative estimate of drug-likeness (QED) is 0.673. The maximum atomic E-state index is 9.74. The van der Waals surface area contributed by atoms with Gasteiger partial charge in [-0.15, -0.1) is 0 Å². The summed E-state index contributed by atoms with van der Waals surface area (Å²) in [6.45, 7) is 1.44. The molecular weight excluding hydrogens is 264 g/mol. The number of rotatable bonds is 5. The zero-order chi connectivity index (χ0) is 14.7. The summed E-state index contributed by atoms with van der Waals surface area (Å²) in [4.78, 5) is 3.38. The standard InChI is InChI=1S/C17H18N2O2/c1-21-17-7-6-12(8-16(17)20)10-18-11-14-9-13-4-2-3-5-15(13)19-14/h2-9,18-20H,10-11H2,1H3. The van der Waals surface area contributed by atoms with Gasteiger partial charge in [0.05, 0.1) is 7.11 Å². The highest BCUT2D eigenvalue weighted by Crippen LogP contribution is 2.26. The van der Waals surface area contributed by atoms with Crippen LogP contribution in [0.15, 0.2) is 48.5 Å². The molecule has 1 heterocycles. The maximum absolute atomic E-state index is 9.74. The summed E-state index contributed by atoms with van der Waals surface area (Å²) in [6, 6.07) is 15.8. The molecule has 0 aliphatic rings. The van der Waals surface area contributed by atoms with Crippen LogP contribution in [0.3, 0.4) is 0 Å². The molecule has 3 rings (SSSR count). The van der Waals surface area contributed by atoms with Crippen molar-refractivity contribution in [2.45, 2.75) is 13.1 Å². The number of hydrogen-bond acceptors (Lipinski definition) is 3. The van der Waals surface area contributed by atoms with Gasteiger partial charge in [0.25, 0.3) is 0 Å². The first kappa shape index (κ1) is 13.5. The Kier molecular flexibility index (Phi) is 3.79. The highest BCUT2D eigenvalue weighted by atomic mass is 16.5. The van der Waals surface area contributed by atoms with Crippen molar-refractivity contribution in [1.82, 2.24) is 10.3 Å². The van der Waals surface area contributed by atoms with Gasteiger partial charge in [0.15, 0.2) is 11.5 Å². The molecule has 0 spiro atoms. The smallest absolute Gasteiger partial charge is 0.160 e. The van der Waals surface area contributed by atoms with Crippen LogP contribution in [0.25, 0.3) is 10.9 Å². The number of fused-ring (bicyclic) bond motifs is 1. The highest BCUT2D eigenvalue weighted by Gasteiger charge is 2.03. The van der Waals surface area contributed by atoms with Gasteiger partial charge < -0.3 is 20.1 Å². The average Bonchev–Trinajstić information content (AvgIpc) is 2.90. The lowest BCUT2D eigenvalue weighted by atomic mass is 10.2. The van der Waals surface area contributed by atoms with Gasteiger partial charge >= 0.3 is 0 Å². The molecule has 4 nitrogen and oxygen atoms in total. The van der Waals surface area contributed by atoms with Crippen LogP contribution in [0.1, 0.15) is 11.3 Å². The third kappa shape index (κ3) is 3.01. The van der Waals surface area contributed by atoms with E-state index in [0.717, 1.165) is 23.3 Å². The van der Waals surface area contributed by atoms with E-state index < -0.39 is 0 Å². The SMILES string of the molecule is COc1ccc(CNCc2cc3ccccc3[nH]2)cc1O. The number of ether oxygens (including phenoxy) is 1. The van der Waals surface area contributed by atoms with Crippen LogP contribution in [0.2, 0.25) is 0 Å². The van der Waals surface area contributed by atoms with Gasteiger partial charge in [-0.05, 0) is 35.2 Å². The minimum Gasteiger partial charge on any atom is -0.504 e. The van der Waals surface area contributed by atoms with Crippen LogP contribution < -0.4 is 10.1 Å². The Balaban J connectivity index is 1.61. The Morgan fingerprint density at radius 3 is 2.71 bits per heavy atom. The molecule has 0 aliphatic carbocycles. The van der Waals surface area contributed by atoms with E-state index in [9.17, 15) is 5.11 Å². The van der Waals surface area contributed by atoms with Crippen molar-refractivity contribution < 1.29 is 9.84 Å². The van der Waals surface area contributed by atoms with E-state index in [1.54, 1.807) is 19.2 Å². The van der Waals surface area contributed by atoms with Crippen LogP contribution in [0, 0.1) is 0 Å². The molecule has 0 saturated carbocycles. The van der Waals surface area contributed by atoms with E-state index in [-0.39, 0.29) is 5.75 Å². The van der Waals surface area contributed by atoms with Crippen molar-refractivity contribution in [2.24, 2.45) is 0 Å². The average molecular weight is 282 g/mol. The fourth-order valence-corrected chi connectivity index (χ4v) is 2.42. The largest absolute Gasteiger partial charge is 0.504 e. The lowest BCUT2D eigenvalue weighted by Gasteiger charge is -2.07. The first-order valence-corrected chi connectivity index (χ1v) is 6.89. The van der Waals surface area contributed by atoms with Gasteiger partial charge in [-0.1, -0.05) is 24.3 Å². The second-order valence-electron chi connectivity index (χ2n) is 4.99. The number of benzene rings is 2.